The molecule has 3 nitrogen and oxygen atoms in total. The molecule has 2 heterocycles. The van der Waals surface area contributed by atoms with Crippen LogP contribution in [-0.4, -0.2) is 24.6 Å². The van der Waals surface area contributed by atoms with Crippen LogP contribution in [0.2, 0.25) is 0 Å². The lowest BCUT2D eigenvalue weighted by Crippen LogP contribution is -2.31. The van der Waals surface area contributed by atoms with E-state index in [1.54, 1.807) is 0 Å². The average Bonchev–Trinajstić information content (AvgIpc) is 2.41. The van der Waals surface area contributed by atoms with Gasteiger partial charge in [0.15, 0.2) is 0 Å². The number of nitrogens with zero attached hydrogens (tertiary/aromatic N) is 2. The first kappa shape index (κ1) is 12.4. The number of piperidine rings is 1. The lowest BCUT2D eigenvalue weighted by atomic mass is 10.1. The minimum absolute atomic E-state index is 0.938. The Bertz CT molecular complexity index is 332. The fraction of sp³-hybridized carbons (Fsp3) is 0.643. The minimum atomic E-state index is 0.938. The minimum Gasteiger partial charge on any atom is -0.371 e. The number of nitrogens with one attached hydrogen (secondary N) is 1. The fourth-order valence-corrected chi connectivity index (χ4v) is 2.40. The van der Waals surface area contributed by atoms with Gasteiger partial charge in [0.1, 0.15) is 0 Å². The van der Waals surface area contributed by atoms with Crippen LogP contribution in [0.1, 0.15) is 38.2 Å². The monoisotopic (exact) mass is 233 g/mol. The Kier molecular flexibility index (Phi) is 4.80. The Morgan fingerprint density at radius 2 is 2.12 bits per heavy atom. The molecule has 3 heteroatoms. The molecule has 0 spiro atoms. The molecule has 0 aliphatic carbocycles. The van der Waals surface area contributed by atoms with Crippen LogP contribution in [0, 0.1) is 0 Å². The topological polar surface area (TPSA) is 28.2 Å². The lowest BCUT2D eigenvalue weighted by Gasteiger charge is -2.30. The van der Waals surface area contributed by atoms with Crippen LogP contribution >= 0.6 is 0 Å². The van der Waals surface area contributed by atoms with Gasteiger partial charge in [0.2, 0.25) is 0 Å². The summed E-state index contributed by atoms with van der Waals surface area (Å²) >= 11 is 0. The van der Waals surface area contributed by atoms with Crippen molar-refractivity contribution in [3.05, 3.63) is 24.0 Å². The number of hydrogen-bond acceptors (Lipinski definition) is 3. The molecule has 0 radical (unpaired) electrons. The highest BCUT2D eigenvalue weighted by atomic mass is 15.1. The van der Waals surface area contributed by atoms with Crippen LogP contribution in [0.15, 0.2) is 18.5 Å². The highest BCUT2D eigenvalue weighted by Crippen LogP contribution is 2.23. The quantitative estimate of drug-likeness (QED) is 0.792. The van der Waals surface area contributed by atoms with Gasteiger partial charge in [-0.25, -0.2) is 0 Å². The molecule has 0 saturated carbocycles. The van der Waals surface area contributed by atoms with Crippen molar-refractivity contribution in [3.63, 3.8) is 0 Å². The van der Waals surface area contributed by atoms with Crippen molar-refractivity contribution in [2.75, 3.05) is 24.5 Å². The predicted molar refractivity (Wildman–Crippen MR) is 72.3 cm³/mol. The first-order chi connectivity index (χ1) is 8.42. The highest BCUT2D eigenvalue weighted by Gasteiger charge is 2.13. The van der Waals surface area contributed by atoms with Crippen LogP contribution in [0.4, 0.5) is 5.69 Å². The third kappa shape index (κ3) is 3.43. The highest BCUT2D eigenvalue weighted by molar-refractivity contribution is 5.52. The second-order valence-corrected chi connectivity index (χ2v) is 4.73. The van der Waals surface area contributed by atoms with E-state index < -0.39 is 0 Å². The molecule has 0 aromatic carbocycles. The van der Waals surface area contributed by atoms with Gasteiger partial charge < -0.3 is 10.2 Å². The second kappa shape index (κ2) is 6.60. The number of hydrogen-bond donors (Lipinski definition) is 1. The van der Waals surface area contributed by atoms with E-state index in [1.165, 1.54) is 50.0 Å². The molecule has 1 aromatic rings. The number of aromatic nitrogens is 1. The summed E-state index contributed by atoms with van der Waals surface area (Å²) in [6.45, 7) is 6.61. The van der Waals surface area contributed by atoms with Crippen LogP contribution in [-0.2, 0) is 6.54 Å². The van der Waals surface area contributed by atoms with Crippen LogP contribution in [0.25, 0.3) is 0 Å². The molecule has 1 fully saturated rings. The van der Waals surface area contributed by atoms with Gasteiger partial charge >= 0.3 is 0 Å². The Balaban J connectivity index is 2.03. The third-order valence-corrected chi connectivity index (χ3v) is 3.32. The molecule has 0 amide bonds. The maximum atomic E-state index is 4.25. The first-order valence-electron chi connectivity index (χ1n) is 6.80. The Labute approximate surface area is 104 Å². The van der Waals surface area contributed by atoms with Gasteiger partial charge in [-0.3, -0.25) is 4.98 Å². The standard InChI is InChI=1S/C14H23N3/c1-2-7-15-11-13-12-16-8-6-14(13)17-9-4-3-5-10-17/h6,8,12,15H,2-5,7,9-11H2,1H3. The summed E-state index contributed by atoms with van der Waals surface area (Å²) in [5.74, 6) is 0. The Morgan fingerprint density at radius 1 is 1.29 bits per heavy atom. The smallest absolute Gasteiger partial charge is 0.0442 e. The van der Waals surface area contributed by atoms with Crippen molar-refractivity contribution in [1.29, 1.82) is 0 Å². The predicted octanol–water partition coefficient (Wildman–Crippen LogP) is 2.57. The largest absolute Gasteiger partial charge is 0.371 e. The lowest BCUT2D eigenvalue weighted by molar-refractivity contribution is 0.574. The molecule has 1 aromatic heterocycles. The van der Waals surface area contributed by atoms with Gasteiger partial charge in [-0.05, 0) is 38.3 Å². The van der Waals surface area contributed by atoms with E-state index >= 15 is 0 Å². The van der Waals surface area contributed by atoms with E-state index in [1.807, 2.05) is 12.4 Å². The molecule has 1 aliphatic rings. The van der Waals surface area contributed by atoms with Crippen molar-refractivity contribution < 1.29 is 0 Å². The summed E-state index contributed by atoms with van der Waals surface area (Å²) in [4.78, 5) is 6.76. The van der Waals surface area contributed by atoms with Gasteiger partial charge in [-0.1, -0.05) is 6.92 Å². The van der Waals surface area contributed by atoms with Crippen LogP contribution in [0.5, 0.6) is 0 Å². The van der Waals surface area contributed by atoms with Crippen molar-refractivity contribution in [2.45, 2.75) is 39.2 Å². The Morgan fingerprint density at radius 3 is 2.88 bits per heavy atom. The van der Waals surface area contributed by atoms with Gasteiger partial charge in [0.05, 0.1) is 0 Å². The van der Waals surface area contributed by atoms with Gasteiger partial charge in [0.25, 0.3) is 0 Å². The normalized spacial score (nSPS) is 16.2. The van der Waals surface area contributed by atoms with Crippen molar-refractivity contribution in [2.24, 2.45) is 0 Å². The van der Waals surface area contributed by atoms with Gasteiger partial charge in [-0.15, -0.1) is 0 Å². The molecular formula is C14H23N3. The molecule has 94 valence electrons. The summed E-state index contributed by atoms with van der Waals surface area (Å²) in [7, 11) is 0. The number of anilines is 1. The van der Waals surface area contributed by atoms with E-state index in [0.29, 0.717) is 0 Å². The second-order valence-electron chi connectivity index (χ2n) is 4.73. The van der Waals surface area contributed by atoms with Crippen molar-refractivity contribution in [1.82, 2.24) is 10.3 Å². The third-order valence-electron chi connectivity index (χ3n) is 3.32. The van der Waals surface area contributed by atoms with Crippen molar-refractivity contribution >= 4 is 5.69 Å². The molecule has 1 N–H and O–H groups in total. The van der Waals surface area contributed by atoms with Crippen LogP contribution < -0.4 is 10.2 Å². The Hall–Kier alpha value is -1.09. The fourth-order valence-electron chi connectivity index (χ4n) is 2.40. The van der Waals surface area contributed by atoms with E-state index in [2.05, 4.69) is 28.2 Å². The zero-order valence-electron chi connectivity index (χ0n) is 10.8. The molecule has 17 heavy (non-hydrogen) atoms. The molecule has 2 rings (SSSR count). The zero-order valence-corrected chi connectivity index (χ0v) is 10.8. The molecule has 1 saturated heterocycles. The average molecular weight is 233 g/mol. The van der Waals surface area contributed by atoms with E-state index in [4.69, 9.17) is 0 Å². The summed E-state index contributed by atoms with van der Waals surface area (Å²) in [6.07, 6.45) is 9.12. The zero-order chi connectivity index (χ0) is 11.9. The van der Waals surface area contributed by atoms with E-state index in [0.717, 1.165) is 13.1 Å². The molecule has 0 bridgehead atoms. The van der Waals surface area contributed by atoms with Crippen LogP contribution in [0.3, 0.4) is 0 Å². The van der Waals surface area contributed by atoms with E-state index in [-0.39, 0.29) is 0 Å². The maximum Gasteiger partial charge on any atom is 0.0442 e. The summed E-state index contributed by atoms with van der Waals surface area (Å²) < 4.78 is 0. The number of rotatable bonds is 5. The summed E-state index contributed by atoms with van der Waals surface area (Å²) in [5.41, 5.74) is 2.71. The number of pyridine rings is 1. The van der Waals surface area contributed by atoms with Crippen molar-refractivity contribution in [3.8, 4) is 0 Å². The molecule has 0 atom stereocenters. The molecular weight excluding hydrogens is 210 g/mol. The SMILES string of the molecule is CCCNCc1cnccc1N1CCCCC1. The maximum absolute atomic E-state index is 4.25. The summed E-state index contributed by atoms with van der Waals surface area (Å²) in [6, 6.07) is 2.16. The molecule has 1 aliphatic heterocycles. The first-order valence-corrected chi connectivity index (χ1v) is 6.80. The van der Waals surface area contributed by atoms with Gasteiger partial charge in [0, 0.05) is 43.3 Å². The summed E-state index contributed by atoms with van der Waals surface area (Å²) in [5, 5.41) is 3.46. The molecule has 0 unspecified atom stereocenters. The van der Waals surface area contributed by atoms with E-state index in [9.17, 15) is 0 Å². The van der Waals surface area contributed by atoms with Gasteiger partial charge in [-0.2, -0.15) is 0 Å².